The number of halogens is 1. The molecule has 2 rings (SSSR count). The third kappa shape index (κ3) is 4.23. The van der Waals surface area contributed by atoms with Crippen LogP contribution in [0.15, 0.2) is 22.7 Å². The highest BCUT2D eigenvalue weighted by Crippen LogP contribution is 2.26. The highest BCUT2D eigenvalue weighted by atomic mass is 79.9. The van der Waals surface area contributed by atoms with Crippen molar-refractivity contribution in [3.8, 4) is 5.75 Å². The van der Waals surface area contributed by atoms with Crippen LogP contribution in [0.1, 0.15) is 37.7 Å². The lowest BCUT2D eigenvalue weighted by atomic mass is 10.1. The van der Waals surface area contributed by atoms with Gasteiger partial charge in [0.05, 0.1) is 11.6 Å². The average molecular weight is 326 g/mol. The number of carbonyl (C=O) groups is 1. The van der Waals surface area contributed by atoms with E-state index in [-0.39, 0.29) is 5.91 Å². The quantitative estimate of drug-likeness (QED) is 0.900. The van der Waals surface area contributed by atoms with E-state index in [4.69, 9.17) is 4.74 Å². The zero-order chi connectivity index (χ0) is 13.7. The number of ether oxygens (including phenoxy) is 1. The molecule has 0 radical (unpaired) electrons. The van der Waals surface area contributed by atoms with E-state index in [1.54, 1.807) is 7.11 Å². The molecule has 1 aromatic rings. The lowest BCUT2D eigenvalue weighted by molar-refractivity contribution is -0.121. The van der Waals surface area contributed by atoms with Crippen LogP contribution in [0.5, 0.6) is 5.75 Å². The Bertz CT molecular complexity index is 442. The number of rotatable bonds is 5. The molecule has 0 aromatic heterocycles. The predicted molar refractivity (Wildman–Crippen MR) is 79.4 cm³/mol. The average Bonchev–Trinajstić information content (AvgIpc) is 2.89. The lowest BCUT2D eigenvalue weighted by Gasteiger charge is -2.12. The van der Waals surface area contributed by atoms with Gasteiger partial charge in [-0.05, 0) is 52.9 Å². The van der Waals surface area contributed by atoms with Gasteiger partial charge in [-0.3, -0.25) is 4.79 Å². The molecule has 0 unspecified atom stereocenters. The number of hydrogen-bond donors (Lipinski definition) is 1. The van der Waals surface area contributed by atoms with Crippen molar-refractivity contribution >= 4 is 21.8 Å². The second-order valence-electron chi connectivity index (χ2n) is 5.02. The summed E-state index contributed by atoms with van der Waals surface area (Å²) in [6.45, 7) is 0. The maximum absolute atomic E-state index is 11.8. The molecule has 19 heavy (non-hydrogen) atoms. The first kappa shape index (κ1) is 14.4. The zero-order valence-corrected chi connectivity index (χ0v) is 12.8. The van der Waals surface area contributed by atoms with Gasteiger partial charge in [0, 0.05) is 12.5 Å². The van der Waals surface area contributed by atoms with Gasteiger partial charge in [0.25, 0.3) is 0 Å². The summed E-state index contributed by atoms with van der Waals surface area (Å²) in [7, 11) is 1.65. The van der Waals surface area contributed by atoms with Gasteiger partial charge in [0.2, 0.25) is 5.91 Å². The summed E-state index contributed by atoms with van der Waals surface area (Å²) in [5, 5.41) is 3.11. The van der Waals surface area contributed by atoms with Gasteiger partial charge in [0.1, 0.15) is 5.75 Å². The van der Waals surface area contributed by atoms with Crippen LogP contribution in [-0.4, -0.2) is 19.1 Å². The summed E-state index contributed by atoms with van der Waals surface area (Å²) in [5.41, 5.74) is 1.15. The third-order valence-corrected chi connectivity index (χ3v) is 4.20. The van der Waals surface area contributed by atoms with Crippen LogP contribution in [0.3, 0.4) is 0 Å². The first-order valence-electron chi connectivity index (χ1n) is 6.81. The van der Waals surface area contributed by atoms with E-state index in [1.807, 2.05) is 18.2 Å². The Hall–Kier alpha value is -1.03. The fourth-order valence-corrected chi connectivity index (χ4v) is 3.08. The molecule has 1 saturated carbocycles. The van der Waals surface area contributed by atoms with E-state index in [0.29, 0.717) is 12.5 Å². The minimum absolute atomic E-state index is 0.166. The molecule has 0 atom stereocenters. The van der Waals surface area contributed by atoms with Crippen molar-refractivity contribution in [3.05, 3.63) is 28.2 Å². The Morgan fingerprint density at radius 3 is 2.79 bits per heavy atom. The number of carbonyl (C=O) groups excluding carboxylic acids is 1. The maximum atomic E-state index is 11.8. The van der Waals surface area contributed by atoms with E-state index < -0.39 is 0 Å². The molecule has 1 aromatic carbocycles. The molecule has 4 heteroatoms. The molecule has 0 spiro atoms. The Labute approximate surface area is 122 Å². The molecular weight excluding hydrogens is 306 g/mol. The van der Waals surface area contributed by atoms with E-state index in [0.717, 1.165) is 35.0 Å². The largest absolute Gasteiger partial charge is 0.496 e. The SMILES string of the molecule is COc1ccc(CCC(=O)NC2CCCC2)cc1Br. The number of benzene rings is 1. The molecule has 0 saturated heterocycles. The van der Waals surface area contributed by atoms with E-state index in [1.165, 1.54) is 12.8 Å². The van der Waals surface area contributed by atoms with Gasteiger partial charge in [-0.1, -0.05) is 18.9 Å². The van der Waals surface area contributed by atoms with E-state index >= 15 is 0 Å². The fourth-order valence-electron chi connectivity index (χ4n) is 2.49. The van der Waals surface area contributed by atoms with Crippen molar-refractivity contribution in [2.24, 2.45) is 0 Å². The van der Waals surface area contributed by atoms with Crippen molar-refractivity contribution in [2.75, 3.05) is 7.11 Å². The van der Waals surface area contributed by atoms with E-state index in [2.05, 4.69) is 21.2 Å². The van der Waals surface area contributed by atoms with Gasteiger partial charge in [0.15, 0.2) is 0 Å². The molecule has 1 N–H and O–H groups in total. The second kappa shape index (κ2) is 6.94. The molecule has 1 amide bonds. The smallest absolute Gasteiger partial charge is 0.220 e. The monoisotopic (exact) mass is 325 g/mol. The molecular formula is C15H20BrNO2. The summed E-state index contributed by atoms with van der Waals surface area (Å²) in [4.78, 5) is 11.8. The number of amides is 1. The van der Waals surface area contributed by atoms with Crippen molar-refractivity contribution in [1.29, 1.82) is 0 Å². The summed E-state index contributed by atoms with van der Waals surface area (Å²) in [6, 6.07) is 6.36. The van der Waals surface area contributed by atoms with Gasteiger partial charge in [-0.25, -0.2) is 0 Å². The molecule has 104 valence electrons. The van der Waals surface area contributed by atoms with Crippen LogP contribution in [0, 0.1) is 0 Å². The highest BCUT2D eigenvalue weighted by Gasteiger charge is 2.16. The summed E-state index contributed by atoms with van der Waals surface area (Å²) in [5.74, 6) is 0.984. The van der Waals surface area contributed by atoms with Crippen LogP contribution < -0.4 is 10.1 Å². The second-order valence-corrected chi connectivity index (χ2v) is 5.87. The molecule has 3 nitrogen and oxygen atoms in total. The maximum Gasteiger partial charge on any atom is 0.220 e. The summed E-state index contributed by atoms with van der Waals surface area (Å²) < 4.78 is 6.12. The van der Waals surface area contributed by atoms with Crippen LogP contribution in [0.2, 0.25) is 0 Å². The topological polar surface area (TPSA) is 38.3 Å². The first-order valence-corrected chi connectivity index (χ1v) is 7.60. The lowest BCUT2D eigenvalue weighted by Crippen LogP contribution is -2.32. The molecule has 0 aliphatic heterocycles. The fraction of sp³-hybridized carbons (Fsp3) is 0.533. The van der Waals surface area contributed by atoms with Gasteiger partial charge in [-0.2, -0.15) is 0 Å². The van der Waals surface area contributed by atoms with E-state index in [9.17, 15) is 4.79 Å². The highest BCUT2D eigenvalue weighted by molar-refractivity contribution is 9.10. The standard InChI is InChI=1S/C15H20BrNO2/c1-19-14-8-6-11(10-13(14)16)7-9-15(18)17-12-4-2-3-5-12/h6,8,10,12H,2-5,7,9H2,1H3,(H,17,18). The minimum Gasteiger partial charge on any atom is -0.496 e. The number of methoxy groups -OCH3 is 1. The minimum atomic E-state index is 0.166. The van der Waals surface area contributed by atoms with Gasteiger partial charge < -0.3 is 10.1 Å². The van der Waals surface area contributed by atoms with Crippen LogP contribution in [-0.2, 0) is 11.2 Å². The number of hydrogen-bond acceptors (Lipinski definition) is 2. The predicted octanol–water partition coefficient (Wildman–Crippen LogP) is 3.45. The Kier molecular flexibility index (Phi) is 5.25. The number of nitrogens with one attached hydrogen (secondary N) is 1. The third-order valence-electron chi connectivity index (χ3n) is 3.58. The number of aryl methyl sites for hydroxylation is 1. The first-order chi connectivity index (χ1) is 9.19. The molecule has 1 aliphatic carbocycles. The van der Waals surface area contributed by atoms with Gasteiger partial charge in [-0.15, -0.1) is 0 Å². The molecule has 0 heterocycles. The Morgan fingerprint density at radius 1 is 1.42 bits per heavy atom. The van der Waals surface area contributed by atoms with Crippen LogP contribution in [0.4, 0.5) is 0 Å². The summed E-state index contributed by atoms with van der Waals surface area (Å²) in [6.07, 6.45) is 6.09. The van der Waals surface area contributed by atoms with Crippen molar-refractivity contribution in [1.82, 2.24) is 5.32 Å². The van der Waals surface area contributed by atoms with Crippen molar-refractivity contribution in [2.45, 2.75) is 44.6 Å². The Balaban J connectivity index is 1.81. The molecule has 0 bridgehead atoms. The van der Waals surface area contributed by atoms with Crippen LogP contribution >= 0.6 is 15.9 Å². The summed E-state index contributed by atoms with van der Waals surface area (Å²) >= 11 is 3.46. The van der Waals surface area contributed by atoms with Gasteiger partial charge >= 0.3 is 0 Å². The molecule has 1 aliphatic rings. The van der Waals surface area contributed by atoms with Crippen molar-refractivity contribution in [3.63, 3.8) is 0 Å². The normalized spacial score (nSPS) is 15.5. The van der Waals surface area contributed by atoms with Crippen LogP contribution in [0.25, 0.3) is 0 Å². The van der Waals surface area contributed by atoms with Crippen molar-refractivity contribution < 1.29 is 9.53 Å². The zero-order valence-electron chi connectivity index (χ0n) is 11.2. The Morgan fingerprint density at radius 2 is 2.16 bits per heavy atom. The molecule has 1 fully saturated rings.